The van der Waals surface area contributed by atoms with Gasteiger partial charge in [-0.05, 0) is 38.9 Å². The molecule has 6 nitrogen and oxygen atoms in total. The predicted octanol–water partition coefficient (Wildman–Crippen LogP) is 1.63. The molecule has 0 amide bonds. The summed E-state index contributed by atoms with van der Waals surface area (Å²) in [6, 6.07) is 5.58. The van der Waals surface area contributed by atoms with Crippen LogP contribution in [0.25, 0.3) is 5.65 Å². The van der Waals surface area contributed by atoms with Gasteiger partial charge in [0.15, 0.2) is 5.65 Å². The van der Waals surface area contributed by atoms with Crippen LogP contribution in [0.3, 0.4) is 0 Å². The van der Waals surface area contributed by atoms with Gasteiger partial charge >= 0.3 is 5.97 Å². The number of likely N-dealkylation sites (tertiary alicyclic amines) is 1. The minimum Gasteiger partial charge on any atom is -0.477 e. The molecule has 0 aromatic carbocycles. The molecule has 1 unspecified atom stereocenters. The zero-order valence-electron chi connectivity index (χ0n) is 11.7. The highest BCUT2D eigenvalue weighted by molar-refractivity contribution is 5.86. The molecule has 6 heteroatoms. The second-order valence-electron chi connectivity index (χ2n) is 5.54. The van der Waals surface area contributed by atoms with E-state index in [4.69, 9.17) is 0 Å². The van der Waals surface area contributed by atoms with E-state index in [1.165, 1.54) is 0 Å². The fourth-order valence-electron chi connectivity index (χ4n) is 2.86. The molecule has 0 radical (unpaired) electrons. The van der Waals surface area contributed by atoms with Crippen LogP contribution >= 0.6 is 0 Å². The molecule has 1 aliphatic heterocycles. The topological polar surface area (TPSA) is 70.7 Å². The number of aromatic carboxylic acids is 1. The van der Waals surface area contributed by atoms with Gasteiger partial charge in [0.2, 0.25) is 0 Å². The van der Waals surface area contributed by atoms with Gasteiger partial charge in [0.05, 0.1) is 0 Å². The number of pyridine rings is 1. The first-order chi connectivity index (χ1) is 9.58. The van der Waals surface area contributed by atoms with E-state index in [2.05, 4.69) is 28.9 Å². The molecule has 106 valence electrons. The first-order valence-corrected chi connectivity index (χ1v) is 6.89. The molecule has 1 saturated heterocycles. The molecule has 1 aliphatic rings. The van der Waals surface area contributed by atoms with E-state index < -0.39 is 5.97 Å². The molecule has 0 spiro atoms. The Balaban J connectivity index is 2.03. The lowest BCUT2D eigenvalue weighted by Crippen LogP contribution is -2.28. The quantitative estimate of drug-likeness (QED) is 0.921. The molecule has 1 atom stereocenters. The number of fused-ring (bicyclic) bond motifs is 1. The van der Waals surface area contributed by atoms with Crippen LogP contribution in [0.15, 0.2) is 18.2 Å². The summed E-state index contributed by atoms with van der Waals surface area (Å²) < 4.78 is 1.68. The maximum absolute atomic E-state index is 11.4. The fraction of sp³-hybridized carbons (Fsp3) is 0.500. The number of hydrogen-bond acceptors (Lipinski definition) is 4. The van der Waals surface area contributed by atoms with Crippen LogP contribution in [0.4, 0.5) is 0 Å². The average molecular weight is 274 g/mol. The summed E-state index contributed by atoms with van der Waals surface area (Å²) in [6.07, 6.45) is 0.993. The van der Waals surface area contributed by atoms with E-state index >= 15 is 0 Å². The second-order valence-corrected chi connectivity index (χ2v) is 5.54. The van der Waals surface area contributed by atoms with Gasteiger partial charge in [0.1, 0.15) is 11.5 Å². The van der Waals surface area contributed by atoms with Crippen molar-refractivity contribution >= 4 is 11.6 Å². The van der Waals surface area contributed by atoms with Crippen molar-refractivity contribution in [2.45, 2.75) is 32.2 Å². The van der Waals surface area contributed by atoms with Crippen LogP contribution in [0, 0.1) is 0 Å². The molecular formula is C14H18N4O2. The summed E-state index contributed by atoms with van der Waals surface area (Å²) in [4.78, 5) is 13.7. The average Bonchev–Trinajstić information content (AvgIpc) is 3.04. The highest BCUT2D eigenvalue weighted by Crippen LogP contribution is 2.28. The molecule has 20 heavy (non-hydrogen) atoms. The van der Waals surface area contributed by atoms with Gasteiger partial charge < -0.3 is 10.0 Å². The SMILES string of the molecule is CC(C)N1CCC(c2nnc3cccc(C(=O)O)n23)C1. The number of rotatable bonds is 3. The van der Waals surface area contributed by atoms with Crippen molar-refractivity contribution < 1.29 is 9.90 Å². The van der Waals surface area contributed by atoms with Crippen LogP contribution in [-0.4, -0.2) is 49.7 Å². The third-order valence-electron chi connectivity index (χ3n) is 3.99. The molecule has 0 aliphatic carbocycles. The predicted molar refractivity (Wildman–Crippen MR) is 74.0 cm³/mol. The Labute approximate surface area is 117 Å². The highest BCUT2D eigenvalue weighted by Gasteiger charge is 2.29. The van der Waals surface area contributed by atoms with Gasteiger partial charge in [-0.1, -0.05) is 6.07 Å². The number of carboxylic acids is 1. The number of aromatic nitrogens is 3. The van der Waals surface area contributed by atoms with Crippen molar-refractivity contribution in [3.8, 4) is 0 Å². The second kappa shape index (κ2) is 4.86. The Hall–Kier alpha value is -1.95. The zero-order chi connectivity index (χ0) is 14.3. The molecule has 1 N–H and O–H groups in total. The van der Waals surface area contributed by atoms with E-state index in [1.54, 1.807) is 22.6 Å². The fourth-order valence-corrected chi connectivity index (χ4v) is 2.86. The number of carbonyl (C=O) groups is 1. The minimum atomic E-state index is -0.949. The summed E-state index contributed by atoms with van der Waals surface area (Å²) >= 11 is 0. The smallest absolute Gasteiger partial charge is 0.352 e. The van der Waals surface area contributed by atoms with Gasteiger partial charge in [-0.15, -0.1) is 10.2 Å². The van der Waals surface area contributed by atoms with Crippen LogP contribution in [0.1, 0.15) is 42.5 Å². The molecular weight excluding hydrogens is 256 g/mol. The van der Waals surface area contributed by atoms with Gasteiger partial charge in [-0.2, -0.15) is 0 Å². The van der Waals surface area contributed by atoms with Crippen molar-refractivity contribution in [3.63, 3.8) is 0 Å². The summed E-state index contributed by atoms with van der Waals surface area (Å²) in [6.45, 7) is 6.28. The molecule has 2 aromatic heterocycles. The Morgan fingerprint density at radius 1 is 1.40 bits per heavy atom. The summed E-state index contributed by atoms with van der Waals surface area (Å²) in [7, 11) is 0. The van der Waals surface area contributed by atoms with Crippen molar-refractivity contribution in [1.82, 2.24) is 19.5 Å². The Morgan fingerprint density at radius 3 is 2.85 bits per heavy atom. The van der Waals surface area contributed by atoms with E-state index in [-0.39, 0.29) is 11.6 Å². The molecule has 2 aromatic rings. The largest absolute Gasteiger partial charge is 0.477 e. The van der Waals surface area contributed by atoms with Crippen LogP contribution in [-0.2, 0) is 0 Å². The van der Waals surface area contributed by atoms with Gasteiger partial charge in [-0.3, -0.25) is 4.40 Å². The third-order valence-corrected chi connectivity index (χ3v) is 3.99. The summed E-state index contributed by atoms with van der Waals surface area (Å²) in [5, 5.41) is 17.7. The minimum absolute atomic E-state index is 0.227. The van der Waals surface area contributed by atoms with Crippen molar-refractivity contribution in [3.05, 3.63) is 29.7 Å². The number of hydrogen-bond donors (Lipinski definition) is 1. The van der Waals surface area contributed by atoms with E-state index in [0.29, 0.717) is 11.7 Å². The van der Waals surface area contributed by atoms with Crippen LogP contribution < -0.4 is 0 Å². The van der Waals surface area contributed by atoms with Gasteiger partial charge in [0, 0.05) is 18.5 Å². The van der Waals surface area contributed by atoms with Crippen molar-refractivity contribution in [1.29, 1.82) is 0 Å². The monoisotopic (exact) mass is 274 g/mol. The van der Waals surface area contributed by atoms with Crippen LogP contribution in [0.5, 0.6) is 0 Å². The summed E-state index contributed by atoms with van der Waals surface area (Å²) in [5.74, 6) is 0.0596. The van der Waals surface area contributed by atoms with Gasteiger partial charge in [-0.25, -0.2) is 4.79 Å². The molecule has 3 heterocycles. The Bertz CT molecular complexity index is 650. The van der Waals surface area contributed by atoms with Crippen molar-refractivity contribution in [2.24, 2.45) is 0 Å². The van der Waals surface area contributed by atoms with Crippen LogP contribution in [0.2, 0.25) is 0 Å². The molecule has 3 rings (SSSR count). The summed E-state index contributed by atoms with van der Waals surface area (Å²) in [5.41, 5.74) is 0.827. The molecule has 1 fully saturated rings. The van der Waals surface area contributed by atoms with E-state index in [1.807, 2.05) is 0 Å². The third kappa shape index (κ3) is 2.06. The van der Waals surface area contributed by atoms with Crippen molar-refractivity contribution in [2.75, 3.05) is 13.1 Å². The molecule has 0 saturated carbocycles. The molecule has 0 bridgehead atoms. The van der Waals surface area contributed by atoms with E-state index in [0.717, 1.165) is 25.3 Å². The maximum Gasteiger partial charge on any atom is 0.352 e. The van der Waals surface area contributed by atoms with Gasteiger partial charge in [0.25, 0.3) is 0 Å². The standard InChI is InChI=1S/C14H18N4O2/c1-9(2)17-7-6-10(8-17)13-16-15-12-5-3-4-11(14(19)20)18(12)13/h3-5,9-10H,6-8H2,1-2H3,(H,19,20). The maximum atomic E-state index is 11.4. The zero-order valence-corrected chi connectivity index (χ0v) is 11.7. The Morgan fingerprint density at radius 2 is 2.20 bits per heavy atom. The highest BCUT2D eigenvalue weighted by atomic mass is 16.4. The normalized spacial score (nSPS) is 20.1. The lowest BCUT2D eigenvalue weighted by atomic mass is 10.1. The van der Waals surface area contributed by atoms with E-state index in [9.17, 15) is 9.90 Å². The number of carboxylic acid groups (broad SMARTS) is 1. The Kier molecular flexibility index (Phi) is 3.17. The first kappa shape index (κ1) is 13.1. The lowest BCUT2D eigenvalue weighted by Gasteiger charge is -2.19. The lowest BCUT2D eigenvalue weighted by molar-refractivity contribution is 0.0688. The first-order valence-electron chi connectivity index (χ1n) is 6.89. The number of nitrogens with zero attached hydrogens (tertiary/aromatic N) is 4.